The minimum absolute atomic E-state index is 0.0727. The summed E-state index contributed by atoms with van der Waals surface area (Å²) in [5.41, 5.74) is 6.90. The van der Waals surface area contributed by atoms with Crippen LogP contribution in [0.3, 0.4) is 0 Å². The van der Waals surface area contributed by atoms with Gasteiger partial charge in [-0.15, -0.1) is 0 Å². The van der Waals surface area contributed by atoms with Crippen molar-refractivity contribution in [1.82, 2.24) is 0 Å². The highest BCUT2D eigenvalue weighted by molar-refractivity contribution is 5.79. The van der Waals surface area contributed by atoms with Gasteiger partial charge >= 0.3 is 0 Å². The summed E-state index contributed by atoms with van der Waals surface area (Å²) in [4.78, 5) is 12.7. The Bertz CT molecular complexity index is 824. The lowest BCUT2D eigenvalue weighted by Crippen LogP contribution is -2.47. The smallest absolute Gasteiger partial charge is 0.221 e. The number of carbonyl (C=O) groups is 1. The number of amides is 1. The monoisotopic (exact) mass is 341 g/mol. The third kappa shape index (κ3) is 3.08. The molecule has 1 amide bonds. The second kappa shape index (κ2) is 6.62. The number of primary amides is 1. The van der Waals surface area contributed by atoms with Gasteiger partial charge in [0.2, 0.25) is 5.91 Å². The number of nitrogens with two attached hydrogens (primary N) is 1. The van der Waals surface area contributed by atoms with E-state index in [0.717, 1.165) is 0 Å². The van der Waals surface area contributed by atoms with Crippen LogP contribution in [0.1, 0.15) is 41.2 Å². The average Bonchev–Trinajstić information content (AvgIpc) is 3.20. The number of rotatable bonds is 3. The van der Waals surface area contributed by atoms with Crippen molar-refractivity contribution >= 4 is 5.91 Å². The van der Waals surface area contributed by atoms with Crippen LogP contribution in [0.15, 0.2) is 60.7 Å². The molecule has 0 bridgehead atoms. The van der Waals surface area contributed by atoms with E-state index >= 15 is 0 Å². The zero-order chi connectivity index (χ0) is 20.9. The highest BCUT2D eigenvalue weighted by Gasteiger charge is 2.52. The highest BCUT2D eigenvalue weighted by Crippen LogP contribution is 2.52. The molecule has 2 fully saturated rings. The lowest BCUT2D eigenvalue weighted by molar-refractivity contribution is -0.192. The third-order valence-corrected chi connectivity index (χ3v) is 4.75. The standard InChI is InChI=1S/C21H23NO3/c22-20(23)19-17(15-7-3-1-4-8-15)13-21(24-11-12-25-21)14-18(19)16-9-5-2-6-10-16/h1-10,17-19H,11-14H2,(H2,22,23)/t17-,18+,19?/i13D2,14D2. The fourth-order valence-electron chi connectivity index (χ4n) is 3.63. The molecule has 2 aromatic rings. The normalized spacial score (nSPS) is 34.5. The summed E-state index contributed by atoms with van der Waals surface area (Å²) in [7, 11) is 0. The van der Waals surface area contributed by atoms with Crippen LogP contribution in [-0.2, 0) is 14.3 Å². The molecular weight excluding hydrogens is 314 g/mol. The molecule has 4 rings (SSSR count). The second-order valence-corrected chi connectivity index (χ2v) is 6.31. The van der Waals surface area contributed by atoms with E-state index in [-0.39, 0.29) is 13.2 Å². The van der Waals surface area contributed by atoms with E-state index in [0.29, 0.717) is 11.1 Å². The zero-order valence-corrected chi connectivity index (χ0v) is 13.7. The Hall–Kier alpha value is -2.17. The van der Waals surface area contributed by atoms with Crippen molar-refractivity contribution in [3.8, 4) is 0 Å². The molecule has 1 aliphatic heterocycles. The SMILES string of the molecule is [2H]C1([2H])[C@H](c2ccccc2)C(C(N)=O)[C@H](c2ccccc2)C([2H])([2H])C12OCCO2. The van der Waals surface area contributed by atoms with Crippen LogP contribution in [0.25, 0.3) is 0 Å². The summed E-state index contributed by atoms with van der Waals surface area (Å²) in [6, 6.07) is 17.5. The predicted octanol–water partition coefficient (Wildman–Crippen LogP) is 3.19. The molecule has 1 aliphatic carbocycles. The number of hydrogen-bond acceptors (Lipinski definition) is 3. The molecule has 25 heavy (non-hydrogen) atoms. The van der Waals surface area contributed by atoms with Gasteiger partial charge in [-0.25, -0.2) is 0 Å². The number of ether oxygens (including phenoxy) is 2. The van der Waals surface area contributed by atoms with Gasteiger partial charge in [0, 0.05) is 30.1 Å². The maximum atomic E-state index is 12.7. The van der Waals surface area contributed by atoms with Crippen molar-refractivity contribution in [3.63, 3.8) is 0 Å². The summed E-state index contributed by atoms with van der Waals surface area (Å²) in [6.45, 7) is 0.145. The Labute approximate surface area is 153 Å². The molecule has 4 nitrogen and oxygen atoms in total. The molecule has 1 saturated heterocycles. The number of hydrogen-bond donors (Lipinski definition) is 1. The first-order valence-corrected chi connectivity index (χ1v) is 8.41. The van der Waals surface area contributed by atoms with Crippen molar-refractivity contribution < 1.29 is 19.8 Å². The van der Waals surface area contributed by atoms with Crippen molar-refractivity contribution in [2.45, 2.75) is 30.4 Å². The Kier molecular flexibility index (Phi) is 3.24. The molecule has 2 aliphatic rings. The van der Waals surface area contributed by atoms with Gasteiger partial charge in [-0.2, -0.15) is 0 Å². The van der Waals surface area contributed by atoms with Crippen LogP contribution in [0.2, 0.25) is 0 Å². The topological polar surface area (TPSA) is 61.6 Å². The van der Waals surface area contributed by atoms with Crippen LogP contribution in [0.5, 0.6) is 0 Å². The first-order valence-electron chi connectivity index (χ1n) is 10.4. The van der Waals surface area contributed by atoms with Crippen LogP contribution in [0.4, 0.5) is 0 Å². The van der Waals surface area contributed by atoms with E-state index < -0.39 is 42.2 Å². The molecule has 0 aromatic heterocycles. The van der Waals surface area contributed by atoms with E-state index in [2.05, 4.69) is 0 Å². The van der Waals surface area contributed by atoms with Crippen molar-refractivity contribution in [2.75, 3.05) is 13.2 Å². The maximum Gasteiger partial charge on any atom is 0.221 e. The van der Waals surface area contributed by atoms with Crippen LogP contribution in [0, 0.1) is 5.92 Å². The first kappa shape index (κ1) is 12.2. The Morgan fingerprint density at radius 3 is 1.76 bits per heavy atom. The lowest BCUT2D eigenvalue weighted by atomic mass is 9.64. The highest BCUT2D eigenvalue weighted by atomic mass is 16.7. The van der Waals surface area contributed by atoms with Gasteiger partial charge in [-0.05, 0) is 11.1 Å². The van der Waals surface area contributed by atoms with E-state index in [9.17, 15) is 4.79 Å². The molecule has 1 spiro atoms. The van der Waals surface area contributed by atoms with E-state index in [1.807, 2.05) is 0 Å². The lowest BCUT2D eigenvalue weighted by Gasteiger charge is -2.45. The van der Waals surface area contributed by atoms with Crippen LogP contribution >= 0.6 is 0 Å². The minimum Gasteiger partial charge on any atom is -0.369 e. The summed E-state index contributed by atoms with van der Waals surface area (Å²) in [5, 5.41) is 0. The third-order valence-electron chi connectivity index (χ3n) is 4.75. The quantitative estimate of drug-likeness (QED) is 0.932. The molecule has 130 valence electrons. The largest absolute Gasteiger partial charge is 0.369 e. The maximum absolute atomic E-state index is 12.7. The van der Waals surface area contributed by atoms with Crippen molar-refractivity contribution in [3.05, 3.63) is 71.8 Å². The van der Waals surface area contributed by atoms with Gasteiger partial charge in [0.25, 0.3) is 0 Å². The molecule has 4 heteroatoms. The van der Waals surface area contributed by atoms with Crippen LogP contribution in [-0.4, -0.2) is 24.9 Å². The fraction of sp³-hybridized carbons (Fsp3) is 0.381. The molecule has 3 atom stereocenters. The van der Waals surface area contributed by atoms with E-state index in [1.54, 1.807) is 60.7 Å². The Morgan fingerprint density at radius 2 is 1.36 bits per heavy atom. The molecule has 1 saturated carbocycles. The average molecular weight is 341 g/mol. The summed E-state index contributed by atoms with van der Waals surface area (Å²) in [5.74, 6) is -6.15. The Morgan fingerprint density at radius 1 is 0.920 bits per heavy atom. The molecule has 2 N–H and O–H groups in total. The summed E-state index contributed by atoms with van der Waals surface area (Å²) in [6.07, 6.45) is -4.70. The number of benzene rings is 2. The van der Waals surface area contributed by atoms with Crippen LogP contribution < -0.4 is 5.73 Å². The van der Waals surface area contributed by atoms with Crippen molar-refractivity contribution in [2.24, 2.45) is 11.7 Å². The molecular formula is C21H23NO3. The van der Waals surface area contributed by atoms with Gasteiger partial charge < -0.3 is 15.2 Å². The van der Waals surface area contributed by atoms with Gasteiger partial charge in [-0.3, -0.25) is 4.79 Å². The second-order valence-electron chi connectivity index (χ2n) is 6.31. The van der Waals surface area contributed by atoms with Gasteiger partial charge in [0.1, 0.15) is 0 Å². The first-order chi connectivity index (χ1) is 13.7. The van der Waals surface area contributed by atoms with Gasteiger partial charge in [0.15, 0.2) is 5.79 Å². The number of carbonyl (C=O) groups excluding carboxylic acids is 1. The Balaban J connectivity index is 2.01. The molecule has 1 heterocycles. The van der Waals surface area contributed by atoms with Gasteiger partial charge in [0.05, 0.1) is 19.1 Å². The zero-order valence-electron chi connectivity index (χ0n) is 17.7. The predicted molar refractivity (Wildman–Crippen MR) is 94.9 cm³/mol. The minimum atomic E-state index is -2.35. The van der Waals surface area contributed by atoms with E-state index in [4.69, 9.17) is 20.7 Å². The fourth-order valence-corrected chi connectivity index (χ4v) is 3.63. The van der Waals surface area contributed by atoms with Gasteiger partial charge in [-0.1, -0.05) is 60.7 Å². The van der Waals surface area contributed by atoms with E-state index in [1.165, 1.54) is 0 Å². The summed E-state index contributed by atoms with van der Waals surface area (Å²) < 4.78 is 47.3. The summed E-state index contributed by atoms with van der Waals surface area (Å²) >= 11 is 0. The molecule has 0 radical (unpaired) electrons. The molecule has 2 aromatic carbocycles. The van der Waals surface area contributed by atoms with Crippen molar-refractivity contribution in [1.29, 1.82) is 0 Å². The molecule has 1 unspecified atom stereocenters.